The summed E-state index contributed by atoms with van der Waals surface area (Å²) in [5.41, 5.74) is 1.38. The molecular formula is C12H15N3O3S2. The van der Waals surface area contributed by atoms with Crippen molar-refractivity contribution in [1.29, 1.82) is 0 Å². The van der Waals surface area contributed by atoms with Crippen LogP contribution in [0.15, 0.2) is 18.2 Å². The topological polar surface area (TPSA) is 88.2 Å². The average molecular weight is 313 g/mol. The van der Waals surface area contributed by atoms with E-state index in [1.165, 1.54) is 11.3 Å². The third-order valence-electron chi connectivity index (χ3n) is 2.42. The van der Waals surface area contributed by atoms with Crippen LogP contribution >= 0.6 is 11.3 Å². The number of hydrogen-bond acceptors (Lipinski definition) is 5. The van der Waals surface area contributed by atoms with Crippen molar-refractivity contribution in [3.05, 3.63) is 18.2 Å². The van der Waals surface area contributed by atoms with Gasteiger partial charge in [-0.25, -0.2) is 13.4 Å². The van der Waals surface area contributed by atoms with Crippen LogP contribution in [-0.2, 0) is 14.8 Å². The van der Waals surface area contributed by atoms with Crippen molar-refractivity contribution in [2.75, 3.05) is 16.3 Å². The molecule has 8 heteroatoms. The van der Waals surface area contributed by atoms with Gasteiger partial charge in [0, 0.05) is 12.1 Å². The number of nitrogens with zero attached hydrogens (tertiary/aromatic N) is 1. The number of carbonyl (C=O) groups is 1. The number of nitrogens with one attached hydrogen (secondary N) is 2. The van der Waals surface area contributed by atoms with E-state index in [4.69, 9.17) is 0 Å². The summed E-state index contributed by atoms with van der Waals surface area (Å²) in [5, 5.41) is 3.11. The lowest BCUT2D eigenvalue weighted by molar-refractivity contribution is -0.116. The fourth-order valence-electron chi connectivity index (χ4n) is 1.66. The fourth-order valence-corrected chi connectivity index (χ4v) is 3.40. The third-order valence-corrected chi connectivity index (χ3v) is 4.05. The summed E-state index contributed by atoms with van der Waals surface area (Å²) in [5.74, 6) is -0.0363. The second-order valence-electron chi connectivity index (χ2n) is 4.37. The Labute approximate surface area is 121 Å². The molecule has 1 heterocycles. The maximum Gasteiger partial charge on any atom is 0.231 e. The van der Waals surface area contributed by atoms with Crippen molar-refractivity contribution in [1.82, 2.24) is 4.98 Å². The van der Waals surface area contributed by atoms with Gasteiger partial charge in [0.05, 0.1) is 16.5 Å². The first-order valence-corrected chi connectivity index (χ1v) is 8.76. The molecule has 0 aliphatic rings. The van der Waals surface area contributed by atoms with Crippen LogP contribution in [0.5, 0.6) is 0 Å². The zero-order valence-electron chi connectivity index (χ0n) is 11.1. The van der Waals surface area contributed by atoms with Crippen LogP contribution in [0.2, 0.25) is 0 Å². The van der Waals surface area contributed by atoms with E-state index in [1.54, 1.807) is 18.2 Å². The van der Waals surface area contributed by atoms with E-state index >= 15 is 0 Å². The van der Waals surface area contributed by atoms with Gasteiger partial charge in [-0.05, 0) is 24.6 Å². The smallest absolute Gasteiger partial charge is 0.231 e. The zero-order chi connectivity index (χ0) is 14.8. The van der Waals surface area contributed by atoms with Gasteiger partial charge in [-0.2, -0.15) is 0 Å². The number of benzene rings is 1. The SMILES string of the molecule is CCCC(=O)Nc1ccc2nc(NS(C)(=O)=O)sc2c1. The second-order valence-corrected chi connectivity index (χ2v) is 7.15. The first kappa shape index (κ1) is 14.7. The predicted molar refractivity (Wildman–Crippen MR) is 81.6 cm³/mol. The van der Waals surface area contributed by atoms with Gasteiger partial charge in [-0.3, -0.25) is 9.52 Å². The molecule has 0 fully saturated rings. The Morgan fingerprint density at radius 3 is 2.80 bits per heavy atom. The van der Waals surface area contributed by atoms with Gasteiger partial charge in [0.2, 0.25) is 15.9 Å². The van der Waals surface area contributed by atoms with E-state index in [0.717, 1.165) is 17.4 Å². The summed E-state index contributed by atoms with van der Waals surface area (Å²) in [6.45, 7) is 1.94. The van der Waals surface area contributed by atoms with Crippen LogP contribution in [0.25, 0.3) is 10.2 Å². The maximum absolute atomic E-state index is 11.5. The van der Waals surface area contributed by atoms with E-state index in [0.29, 0.717) is 22.8 Å². The second kappa shape index (κ2) is 5.76. The lowest BCUT2D eigenvalue weighted by atomic mass is 10.2. The van der Waals surface area contributed by atoms with Crippen molar-refractivity contribution in [2.24, 2.45) is 0 Å². The molecule has 2 rings (SSSR count). The Morgan fingerprint density at radius 2 is 2.15 bits per heavy atom. The number of hydrogen-bond donors (Lipinski definition) is 2. The highest BCUT2D eigenvalue weighted by molar-refractivity contribution is 7.92. The van der Waals surface area contributed by atoms with Gasteiger partial charge in [0.25, 0.3) is 0 Å². The van der Waals surface area contributed by atoms with E-state index in [1.807, 2.05) is 6.92 Å². The standard InChI is InChI=1S/C12H15N3O3S2/c1-3-4-11(16)13-8-5-6-9-10(7-8)19-12(14-9)15-20(2,17)18/h5-7H,3-4H2,1-2H3,(H,13,16)(H,14,15). The summed E-state index contributed by atoms with van der Waals surface area (Å²) >= 11 is 1.23. The summed E-state index contributed by atoms with van der Waals surface area (Å²) in [7, 11) is -3.33. The molecule has 0 radical (unpaired) electrons. The maximum atomic E-state index is 11.5. The molecule has 20 heavy (non-hydrogen) atoms. The zero-order valence-corrected chi connectivity index (χ0v) is 12.8. The minimum atomic E-state index is -3.33. The van der Waals surface area contributed by atoms with Crippen LogP contribution in [-0.4, -0.2) is 25.6 Å². The molecule has 1 aromatic carbocycles. The molecule has 0 aliphatic heterocycles. The molecule has 6 nitrogen and oxygen atoms in total. The number of aromatic nitrogens is 1. The van der Waals surface area contributed by atoms with Gasteiger partial charge in [-0.1, -0.05) is 18.3 Å². The molecule has 0 unspecified atom stereocenters. The molecular weight excluding hydrogens is 298 g/mol. The molecule has 0 spiro atoms. The first-order chi connectivity index (χ1) is 9.37. The Morgan fingerprint density at radius 1 is 1.40 bits per heavy atom. The molecule has 1 amide bonds. The Hall–Kier alpha value is -1.67. The minimum Gasteiger partial charge on any atom is -0.326 e. The van der Waals surface area contributed by atoms with Gasteiger partial charge in [-0.15, -0.1) is 0 Å². The van der Waals surface area contributed by atoms with Gasteiger partial charge in [0.1, 0.15) is 0 Å². The lowest BCUT2D eigenvalue weighted by Crippen LogP contribution is -2.10. The summed E-state index contributed by atoms with van der Waals surface area (Å²) in [6.07, 6.45) is 2.34. The first-order valence-electron chi connectivity index (χ1n) is 6.05. The van der Waals surface area contributed by atoms with Crippen molar-refractivity contribution in [3.63, 3.8) is 0 Å². The quantitative estimate of drug-likeness (QED) is 0.887. The van der Waals surface area contributed by atoms with Crippen LogP contribution in [0.3, 0.4) is 0 Å². The van der Waals surface area contributed by atoms with Crippen molar-refractivity contribution < 1.29 is 13.2 Å². The number of anilines is 2. The van der Waals surface area contributed by atoms with Crippen LogP contribution in [0, 0.1) is 0 Å². The van der Waals surface area contributed by atoms with Gasteiger partial charge in [0.15, 0.2) is 5.13 Å². The van der Waals surface area contributed by atoms with E-state index in [-0.39, 0.29) is 5.91 Å². The largest absolute Gasteiger partial charge is 0.326 e. The molecule has 0 saturated heterocycles. The highest BCUT2D eigenvalue weighted by atomic mass is 32.2. The van der Waals surface area contributed by atoms with Crippen LogP contribution in [0.4, 0.5) is 10.8 Å². The molecule has 0 aliphatic carbocycles. The minimum absolute atomic E-state index is 0.0363. The summed E-state index contributed by atoms with van der Waals surface area (Å²) in [4.78, 5) is 15.7. The highest BCUT2D eigenvalue weighted by Crippen LogP contribution is 2.28. The van der Waals surface area contributed by atoms with E-state index in [9.17, 15) is 13.2 Å². The van der Waals surface area contributed by atoms with Gasteiger partial charge < -0.3 is 5.32 Å². The van der Waals surface area contributed by atoms with Crippen molar-refractivity contribution in [2.45, 2.75) is 19.8 Å². The molecule has 1 aromatic heterocycles. The van der Waals surface area contributed by atoms with Crippen molar-refractivity contribution in [3.8, 4) is 0 Å². The molecule has 2 N–H and O–H groups in total. The number of carbonyl (C=O) groups excluding carboxylic acids is 1. The average Bonchev–Trinajstić information content (AvgIpc) is 2.67. The Kier molecular flexibility index (Phi) is 4.24. The van der Waals surface area contributed by atoms with E-state index < -0.39 is 10.0 Å². The molecule has 0 saturated carbocycles. The van der Waals surface area contributed by atoms with E-state index in [2.05, 4.69) is 15.0 Å². The van der Waals surface area contributed by atoms with Crippen molar-refractivity contribution >= 4 is 48.3 Å². The Bertz CT molecular complexity index is 737. The van der Waals surface area contributed by atoms with Crippen LogP contribution < -0.4 is 10.0 Å². The molecule has 108 valence electrons. The summed E-state index contributed by atoms with van der Waals surface area (Å²) in [6, 6.07) is 5.29. The molecule has 0 atom stereocenters. The lowest BCUT2D eigenvalue weighted by Gasteiger charge is -2.03. The normalized spacial score (nSPS) is 11.5. The van der Waals surface area contributed by atoms with Crippen LogP contribution in [0.1, 0.15) is 19.8 Å². The predicted octanol–water partition coefficient (Wildman–Crippen LogP) is 2.41. The number of sulfonamides is 1. The molecule has 2 aromatic rings. The number of rotatable bonds is 5. The third kappa shape index (κ3) is 3.91. The summed E-state index contributed by atoms with van der Waals surface area (Å²) < 4.78 is 25.5. The molecule has 0 bridgehead atoms. The Balaban J connectivity index is 2.23. The fraction of sp³-hybridized carbons (Fsp3) is 0.333. The van der Waals surface area contributed by atoms with Gasteiger partial charge >= 0.3 is 0 Å². The highest BCUT2D eigenvalue weighted by Gasteiger charge is 2.09. The number of thiazole rings is 1. The monoisotopic (exact) mass is 313 g/mol. The number of fused-ring (bicyclic) bond motifs is 1. The number of amides is 1.